The Balaban J connectivity index is 3.56. The molecule has 1 amide bonds. The van der Waals surface area contributed by atoms with E-state index in [0.717, 1.165) is 57.8 Å². The van der Waals surface area contributed by atoms with Crippen LogP contribution in [0.5, 0.6) is 0 Å². The fraction of sp³-hybridized carbons (Fsp3) is 0.788. The van der Waals surface area contributed by atoms with E-state index in [2.05, 4.69) is 67.8 Å². The minimum atomic E-state index is -0.878. The first-order valence-electron chi connectivity index (χ1n) is 24.5. The van der Waals surface area contributed by atoms with Gasteiger partial charge in [-0.3, -0.25) is 4.79 Å². The number of hydrogen-bond acceptors (Lipinski definition) is 3. The molecule has 0 saturated heterocycles. The van der Waals surface area contributed by atoms with Gasteiger partial charge in [0.1, 0.15) is 0 Å². The van der Waals surface area contributed by atoms with Crippen molar-refractivity contribution in [3.8, 4) is 0 Å². The molecule has 0 saturated carbocycles. The molecule has 0 bridgehead atoms. The Morgan fingerprint density at radius 3 is 1.21 bits per heavy atom. The van der Waals surface area contributed by atoms with E-state index in [1.54, 1.807) is 6.08 Å². The summed E-state index contributed by atoms with van der Waals surface area (Å²) in [6.07, 6.45) is 66.5. The van der Waals surface area contributed by atoms with Gasteiger partial charge in [0.05, 0.1) is 18.8 Å². The van der Waals surface area contributed by atoms with Gasteiger partial charge in [-0.2, -0.15) is 0 Å². The average Bonchev–Trinajstić information content (AvgIpc) is 3.20. The molecular formula is C52H95NO3. The molecule has 56 heavy (non-hydrogen) atoms. The smallest absolute Gasteiger partial charge is 0.220 e. The maximum Gasteiger partial charge on any atom is 0.220 e. The third-order valence-corrected chi connectivity index (χ3v) is 10.9. The summed E-state index contributed by atoms with van der Waals surface area (Å²) in [5.41, 5.74) is 0. The van der Waals surface area contributed by atoms with Crippen molar-refractivity contribution in [1.82, 2.24) is 5.32 Å². The van der Waals surface area contributed by atoms with Crippen LogP contribution >= 0.6 is 0 Å². The Labute approximate surface area is 349 Å². The average molecular weight is 782 g/mol. The third kappa shape index (κ3) is 43.2. The number of amides is 1. The van der Waals surface area contributed by atoms with Crippen molar-refractivity contribution in [3.05, 3.63) is 60.8 Å². The van der Waals surface area contributed by atoms with Crippen molar-refractivity contribution in [2.24, 2.45) is 0 Å². The number of nitrogens with one attached hydrogen (secondary N) is 1. The molecule has 0 aliphatic carbocycles. The van der Waals surface area contributed by atoms with E-state index in [4.69, 9.17) is 0 Å². The Kier molecular flexibility index (Phi) is 45.8. The summed E-state index contributed by atoms with van der Waals surface area (Å²) in [5.74, 6) is -0.0940. The molecule has 4 heteroatoms. The highest BCUT2D eigenvalue weighted by Crippen LogP contribution is 2.16. The number of aliphatic hydroxyl groups is 2. The molecule has 0 aromatic rings. The van der Waals surface area contributed by atoms with E-state index in [0.29, 0.717) is 6.42 Å². The predicted octanol–water partition coefficient (Wildman–Crippen LogP) is 15.7. The summed E-state index contributed by atoms with van der Waals surface area (Å²) >= 11 is 0. The van der Waals surface area contributed by atoms with E-state index >= 15 is 0 Å². The Hall–Kier alpha value is -1.91. The second-order valence-electron chi connectivity index (χ2n) is 16.5. The molecule has 0 aromatic heterocycles. The van der Waals surface area contributed by atoms with Crippen LogP contribution in [0, 0.1) is 0 Å². The highest BCUT2D eigenvalue weighted by molar-refractivity contribution is 5.76. The zero-order valence-electron chi connectivity index (χ0n) is 37.4. The van der Waals surface area contributed by atoms with Crippen LogP contribution in [0.2, 0.25) is 0 Å². The second-order valence-corrected chi connectivity index (χ2v) is 16.5. The molecule has 0 fully saturated rings. The Morgan fingerprint density at radius 2 is 0.786 bits per heavy atom. The first-order chi connectivity index (χ1) is 27.7. The van der Waals surface area contributed by atoms with Gasteiger partial charge >= 0.3 is 0 Å². The van der Waals surface area contributed by atoms with Gasteiger partial charge in [0.15, 0.2) is 0 Å². The van der Waals surface area contributed by atoms with E-state index in [1.165, 1.54) is 167 Å². The van der Waals surface area contributed by atoms with Crippen LogP contribution in [0.4, 0.5) is 0 Å². The third-order valence-electron chi connectivity index (χ3n) is 10.9. The van der Waals surface area contributed by atoms with Gasteiger partial charge < -0.3 is 15.5 Å². The van der Waals surface area contributed by atoms with Crippen LogP contribution < -0.4 is 5.32 Å². The minimum Gasteiger partial charge on any atom is -0.394 e. The van der Waals surface area contributed by atoms with Crippen LogP contribution in [0.3, 0.4) is 0 Å². The fourth-order valence-corrected chi connectivity index (χ4v) is 7.19. The molecule has 0 spiro atoms. The maximum atomic E-state index is 12.3. The van der Waals surface area contributed by atoms with Gasteiger partial charge in [-0.05, 0) is 70.6 Å². The molecule has 0 aliphatic heterocycles. The van der Waals surface area contributed by atoms with Crippen LogP contribution in [0.15, 0.2) is 60.8 Å². The zero-order valence-corrected chi connectivity index (χ0v) is 37.4. The lowest BCUT2D eigenvalue weighted by atomic mass is 10.0. The lowest BCUT2D eigenvalue weighted by molar-refractivity contribution is -0.123. The van der Waals surface area contributed by atoms with Gasteiger partial charge in [-0.1, -0.05) is 229 Å². The molecule has 0 rings (SSSR count). The van der Waals surface area contributed by atoms with Crippen molar-refractivity contribution >= 4 is 5.91 Å². The SMILES string of the molecule is CCC/C=C\C/C=C\CCCCCCCC(=O)NC(CO)C(O)/C=C/CC/C=C/CC/C=C/CCCCCCCCCCCCCCCCCCCCCCC. The number of rotatable bonds is 44. The Morgan fingerprint density at radius 1 is 0.429 bits per heavy atom. The van der Waals surface area contributed by atoms with Gasteiger partial charge in [0.25, 0.3) is 0 Å². The van der Waals surface area contributed by atoms with Gasteiger partial charge in [0.2, 0.25) is 5.91 Å². The quantitative estimate of drug-likeness (QED) is 0.0426. The highest BCUT2D eigenvalue weighted by Gasteiger charge is 2.17. The molecular weight excluding hydrogens is 687 g/mol. The summed E-state index contributed by atoms with van der Waals surface area (Å²) in [4.78, 5) is 12.3. The second kappa shape index (κ2) is 47.5. The van der Waals surface area contributed by atoms with E-state index < -0.39 is 12.1 Å². The van der Waals surface area contributed by atoms with Crippen molar-refractivity contribution in [3.63, 3.8) is 0 Å². The van der Waals surface area contributed by atoms with Crippen molar-refractivity contribution < 1.29 is 15.0 Å². The lowest BCUT2D eigenvalue weighted by Crippen LogP contribution is -2.45. The van der Waals surface area contributed by atoms with E-state index in [9.17, 15) is 15.0 Å². The maximum absolute atomic E-state index is 12.3. The number of carbonyl (C=O) groups is 1. The number of allylic oxidation sites excluding steroid dienone is 9. The molecule has 326 valence electrons. The van der Waals surface area contributed by atoms with Crippen molar-refractivity contribution in [2.45, 2.75) is 257 Å². The molecule has 0 radical (unpaired) electrons. The monoisotopic (exact) mass is 782 g/mol. The lowest BCUT2D eigenvalue weighted by Gasteiger charge is -2.19. The summed E-state index contributed by atoms with van der Waals surface area (Å²) in [5, 5.41) is 23.0. The fourth-order valence-electron chi connectivity index (χ4n) is 7.19. The van der Waals surface area contributed by atoms with Crippen LogP contribution in [-0.2, 0) is 4.79 Å². The van der Waals surface area contributed by atoms with E-state index in [-0.39, 0.29) is 12.5 Å². The number of unbranched alkanes of at least 4 members (excludes halogenated alkanes) is 29. The van der Waals surface area contributed by atoms with Crippen LogP contribution in [-0.4, -0.2) is 34.9 Å². The van der Waals surface area contributed by atoms with Crippen LogP contribution in [0.1, 0.15) is 245 Å². The molecule has 3 N–H and O–H groups in total. The van der Waals surface area contributed by atoms with E-state index in [1.807, 2.05) is 6.08 Å². The summed E-state index contributed by atoms with van der Waals surface area (Å²) in [7, 11) is 0. The topological polar surface area (TPSA) is 69.6 Å². The zero-order chi connectivity index (χ0) is 40.7. The molecule has 2 atom stereocenters. The van der Waals surface area contributed by atoms with Crippen LogP contribution in [0.25, 0.3) is 0 Å². The van der Waals surface area contributed by atoms with Crippen molar-refractivity contribution in [2.75, 3.05) is 6.61 Å². The summed E-state index contributed by atoms with van der Waals surface area (Å²) in [6, 6.07) is -0.654. The largest absolute Gasteiger partial charge is 0.394 e. The first kappa shape index (κ1) is 54.1. The number of carbonyl (C=O) groups excluding carboxylic acids is 1. The highest BCUT2D eigenvalue weighted by atomic mass is 16.3. The standard InChI is InChI=1S/C52H95NO3/c1-3-5-7-9-11-13-15-17-18-19-20-21-22-23-24-25-26-27-28-29-30-31-32-33-34-36-37-39-41-43-45-47-51(55)50(49-54)53-52(56)48-46-44-42-40-38-35-16-14-12-10-8-6-4-2/h8,10,14,16,32-33,37,39,45,47,50-51,54-55H,3-7,9,11-13,15,17-31,34-36,38,40-44,46,48-49H2,1-2H3,(H,53,56)/b10-8-,16-14-,33-32+,39-37+,47-45+. The number of hydrogen-bond donors (Lipinski definition) is 3. The van der Waals surface area contributed by atoms with Gasteiger partial charge in [-0.15, -0.1) is 0 Å². The molecule has 2 unspecified atom stereocenters. The summed E-state index contributed by atoms with van der Waals surface area (Å²) < 4.78 is 0. The predicted molar refractivity (Wildman–Crippen MR) is 248 cm³/mol. The molecule has 0 heterocycles. The molecule has 0 aromatic carbocycles. The Bertz CT molecular complexity index is 934. The normalized spacial score (nSPS) is 13.4. The molecule has 4 nitrogen and oxygen atoms in total. The molecule has 0 aliphatic rings. The van der Waals surface area contributed by atoms with Gasteiger partial charge in [0, 0.05) is 6.42 Å². The number of aliphatic hydroxyl groups excluding tert-OH is 2. The van der Waals surface area contributed by atoms with Gasteiger partial charge in [-0.25, -0.2) is 0 Å². The van der Waals surface area contributed by atoms with Crippen molar-refractivity contribution in [1.29, 1.82) is 0 Å². The minimum absolute atomic E-state index is 0.0940. The first-order valence-corrected chi connectivity index (χ1v) is 24.5. The summed E-state index contributed by atoms with van der Waals surface area (Å²) in [6.45, 7) is 4.23.